The third kappa shape index (κ3) is 3.92. The first-order valence-corrected chi connectivity index (χ1v) is 11.5. The lowest BCUT2D eigenvalue weighted by Crippen LogP contribution is -2.41. The minimum absolute atomic E-state index is 0.159. The van der Waals surface area contributed by atoms with Crippen molar-refractivity contribution in [2.24, 2.45) is 0 Å². The van der Waals surface area contributed by atoms with Crippen molar-refractivity contribution in [1.29, 1.82) is 0 Å². The maximum Gasteiger partial charge on any atom is 0.264 e. The van der Waals surface area contributed by atoms with E-state index in [4.69, 9.17) is 23.2 Å². The molecule has 0 aliphatic carbocycles. The van der Waals surface area contributed by atoms with Crippen molar-refractivity contribution in [3.63, 3.8) is 0 Å². The standard InChI is InChI=1S/C27H20Cl2N2O3/c28-20-10-11-24-22(15-20)27(34,26(33)31(24)17-19-6-1-2-9-23(19)29)16-25(32)18-7-5-8-21(14-18)30-12-3-4-13-30/h1-15,34H,16-17H2/t27-/m1/s1. The number of halogens is 2. The topological polar surface area (TPSA) is 62.5 Å². The van der Waals surface area contributed by atoms with Gasteiger partial charge in [0, 0.05) is 39.3 Å². The lowest BCUT2D eigenvalue weighted by atomic mass is 9.88. The number of amides is 1. The molecule has 4 aromatic rings. The number of rotatable bonds is 6. The van der Waals surface area contributed by atoms with Gasteiger partial charge in [-0.2, -0.15) is 0 Å². The third-order valence-corrected chi connectivity index (χ3v) is 6.67. The Hall–Kier alpha value is -3.38. The largest absolute Gasteiger partial charge is 0.375 e. The molecule has 5 rings (SSSR count). The number of aliphatic hydroxyl groups is 1. The molecule has 0 saturated heterocycles. The third-order valence-electron chi connectivity index (χ3n) is 6.07. The molecule has 0 unspecified atom stereocenters. The normalized spacial score (nSPS) is 17.1. The van der Waals surface area contributed by atoms with Crippen LogP contribution in [0.1, 0.15) is 27.9 Å². The molecule has 1 aliphatic rings. The van der Waals surface area contributed by atoms with Gasteiger partial charge in [-0.05, 0) is 54.1 Å². The zero-order valence-electron chi connectivity index (χ0n) is 18.0. The zero-order chi connectivity index (χ0) is 23.9. The van der Waals surface area contributed by atoms with Gasteiger partial charge in [-0.15, -0.1) is 0 Å². The van der Waals surface area contributed by atoms with Crippen LogP contribution < -0.4 is 4.90 Å². The Bertz CT molecular complexity index is 1400. The molecule has 170 valence electrons. The van der Waals surface area contributed by atoms with Crippen LogP contribution in [0.3, 0.4) is 0 Å². The second-order valence-corrected chi connectivity index (χ2v) is 9.09. The Balaban J connectivity index is 1.49. The average Bonchev–Trinajstić information content (AvgIpc) is 3.44. The van der Waals surface area contributed by atoms with Gasteiger partial charge in [-0.1, -0.05) is 53.5 Å². The number of fused-ring (bicyclic) bond motifs is 1. The van der Waals surface area contributed by atoms with Gasteiger partial charge in [0.2, 0.25) is 0 Å². The number of aromatic nitrogens is 1. The van der Waals surface area contributed by atoms with Gasteiger partial charge in [0.05, 0.1) is 18.7 Å². The van der Waals surface area contributed by atoms with E-state index in [0.29, 0.717) is 26.9 Å². The number of carbonyl (C=O) groups is 2. The van der Waals surface area contributed by atoms with Crippen molar-refractivity contribution in [1.82, 2.24) is 4.57 Å². The molecule has 2 heterocycles. The van der Waals surface area contributed by atoms with Crippen LogP contribution in [-0.2, 0) is 16.9 Å². The molecule has 1 atom stereocenters. The first-order chi connectivity index (χ1) is 16.4. The average molecular weight is 491 g/mol. The monoisotopic (exact) mass is 490 g/mol. The van der Waals surface area contributed by atoms with Gasteiger partial charge in [0.15, 0.2) is 11.4 Å². The van der Waals surface area contributed by atoms with E-state index in [9.17, 15) is 14.7 Å². The molecule has 0 saturated carbocycles. The Morgan fingerprint density at radius 1 is 0.912 bits per heavy atom. The van der Waals surface area contributed by atoms with E-state index in [1.165, 1.54) is 4.90 Å². The first-order valence-electron chi connectivity index (χ1n) is 10.7. The molecule has 7 heteroatoms. The van der Waals surface area contributed by atoms with E-state index in [1.54, 1.807) is 42.5 Å². The number of hydrogen-bond acceptors (Lipinski definition) is 3. The lowest BCUT2D eigenvalue weighted by Gasteiger charge is -2.23. The molecule has 34 heavy (non-hydrogen) atoms. The van der Waals surface area contributed by atoms with E-state index in [0.717, 1.165) is 11.3 Å². The number of anilines is 1. The van der Waals surface area contributed by atoms with Gasteiger partial charge in [-0.3, -0.25) is 9.59 Å². The minimum Gasteiger partial charge on any atom is -0.375 e. The summed E-state index contributed by atoms with van der Waals surface area (Å²) in [7, 11) is 0. The number of carbonyl (C=O) groups excluding carboxylic acids is 2. The summed E-state index contributed by atoms with van der Waals surface area (Å²) < 4.78 is 1.88. The molecule has 0 radical (unpaired) electrons. The van der Waals surface area contributed by atoms with Crippen LogP contribution in [0.5, 0.6) is 0 Å². The van der Waals surface area contributed by atoms with Crippen molar-refractivity contribution >= 4 is 40.6 Å². The summed E-state index contributed by atoms with van der Waals surface area (Å²) in [5, 5.41) is 12.5. The smallest absolute Gasteiger partial charge is 0.264 e. The maximum absolute atomic E-state index is 13.6. The molecule has 5 nitrogen and oxygen atoms in total. The summed E-state index contributed by atoms with van der Waals surface area (Å²) in [6.07, 6.45) is 3.35. The van der Waals surface area contributed by atoms with Crippen LogP contribution in [0.25, 0.3) is 5.69 Å². The SMILES string of the molecule is O=C(C[C@]1(O)C(=O)N(Cc2ccccc2Cl)c2ccc(Cl)cc21)c1cccc(-n2cccc2)c1. The van der Waals surface area contributed by atoms with Crippen LogP contribution in [0.2, 0.25) is 10.0 Å². The fraction of sp³-hybridized carbons (Fsp3) is 0.111. The number of nitrogens with zero attached hydrogens (tertiary/aromatic N) is 2. The highest BCUT2D eigenvalue weighted by molar-refractivity contribution is 6.31. The molecule has 0 fully saturated rings. The molecule has 0 spiro atoms. The molecule has 0 bridgehead atoms. The van der Waals surface area contributed by atoms with E-state index in [1.807, 2.05) is 53.4 Å². The fourth-order valence-electron chi connectivity index (χ4n) is 4.33. The lowest BCUT2D eigenvalue weighted by molar-refractivity contribution is -0.136. The summed E-state index contributed by atoms with van der Waals surface area (Å²) in [6, 6.07) is 22.9. The van der Waals surface area contributed by atoms with Crippen LogP contribution in [-0.4, -0.2) is 21.4 Å². The second kappa shape index (κ2) is 8.76. The first kappa shape index (κ1) is 22.4. The van der Waals surface area contributed by atoms with Gasteiger partial charge < -0.3 is 14.6 Å². The molecular formula is C27H20Cl2N2O3. The number of ketones is 1. The van der Waals surface area contributed by atoms with Crippen molar-refractivity contribution in [3.8, 4) is 5.69 Å². The van der Waals surface area contributed by atoms with Crippen LogP contribution in [0, 0.1) is 0 Å². The zero-order valence-corrected chi connectivity index (χ0v) is 19.5. The van der Waals surface area contributed by atoms with Crippen LogP contribution in [0.15, 0.2) is 91.3 Å². The fourth-order valence-corrected chi connectivity index (χ4v) is 4.70. The summed E-state index contributed by atoms with van der Waals surface area (Å²) in [5.41, 5.74) is 0.721. The Morgan fingerprint density at radius 3 is 2.44 bits per heavy atom. The van der Waals surface area contributed by atoms with E-state index < -0.39 is 17.9 Å². The molecule has 1 N–H and O–H groups in total. The van der Waals surface area contributed by atoms with E-state index >= 15 is 0 Å². The number of Topliss-reactive ketones (excluding diaryl/α,β-unsaturated/α-hetero) is 1. The highest BCUT2D eigenvalue weighted by Crippen LogP contribution is 2.45. The summed E-state index contributed by atoms with van der Waals surface area (Å²) in [4.78, 5) is 28.3. The highest BCUT2D eigenvalue weighted by Gasteiger charge is 2.51. The van der Waals surface area contributed by atoms with Crippen LogP contribution >= 0.6 is 23.2 Å². The summed E-state index contributed by atoms with van der Waals surface area (Å²) >= 11 is 12.5. The van der Waals surface area contributed by atoms with Crippen molar-refractivity contribution in [3.05, 3.63) is 118 Å². The molecular weight excluding hydrogens is 471 g/mol. The van der Waals surface area contributed by atoms with Gasteiger partial charge >= 0.3 is 0 Å². The minimum atomic E-state index is -2.04. The number of hydrogen-bond donors (Lipinski definition) is 1. The quantitative estimate of drug-likeness (QED) is 0.347. The van der Waals surface area contributed by atoms with Crippen LogP contribution in [0.4, 0.5) is 5.69 Å². The van der Waals surface area contributed by atoms with Gasteiger partial charge in [0.1, 0.15) is 0 Å². The molecule has 1 amide bonds. The van der Waals surface area contributed by atoms with Crippen molar-refractivity contribution < 1.29 is 14.7 Å². The van der Waals surface area contributed by atoms with Gasteiger partial charge in [-0.25, -0.2) is 0 Å². The number of benzene rings is 3. The summed E-state index contributed by atoms with van der Waals surface area (Å²) in [5.74, 6) is -0.935. The van der Waals surface area contributed by atoms with Gasteiger partial charge in [0.25, 0.3) is 5.91 Å². The predicted octanol–water partition coefficient (Wildman–Crippen LogP) is 5.79. The summed E-state index contributed by atoms with van der Waals surface area (Å²) in [6.45, 7) is 0.159. The van der Waals surface area contributed by atoms with E-state index in [-0.39, 0.29) is 12.3 Å². The Morgan fingerprint density at radius 2 is 1.68 bits per heavy atom. The van der Waals surface area contributed by atoms with E-state index in [2.05, 4.69) is 0 Å². The molecule has 1 aliphatic heterocycles. The maximum atomic E-state index is 13.6. The Kier molecular flexibility index (Phi) is 5.78. The molecule has 3 aromatic carbocycles. The van der Waals surface area contributed by atoms with Crippen molar-refractivity contribution in [2.75, 3.05) is 4.90 Å². The highest BCUT2D eigenvalue weighted by atomic mass is 35.5. The second-order valence-electron chi connectivity index (χ2n) is 8.25. The predicted molar refractivity (Wildman–Crippen MR) is 133 cm³/mol. The van der Waals surface area contributed by atoms with Crippen molar-refractivity contribution in [2.45, 2.75) is 18.6 Å². The Labute approximate surface area is 206 Å². The molecule has 1 aromatic heterocycles.